The predicted octanol–water partition coefficient (Wildman–Crippen LogP) is -0.0118. The Hall–Kier alpha value is -1.84. The van der Waals surface area contributed by atoms with E-state index in [0.717, 1.165) is 6.79 Å². The van der Waals surface area contributed by atoms with Crippen molar-refractivity contribution in [2.24, 2.45) is 16.7 Å². The van der Waals surface area contributed by atoms with Gasteiger partial charge < -0.3 is 24.4 Å². The van der Waals surface area contributed by atoms with E-state index in [1.165, 1.54) is 0 Å². The van der Waals surface area contributed by atoms with Gasteiger partial charge in [0.1, 0.15) is 0 Å². The Bertz CT molecular complexity index is 902. The number of esters is 2. The predicted molar refractivity (Wildman–Crippen MR) is 168 cm³/mol. The maximum Gasteiger partial charge on any atom is 0.291 e. The molecule has 1 rings (SSSR count). The van der Waals surface area contributed by atoms with Crippen molar-refractivity contribution >= 4 is 23.8 Å². The molecule has 0 aromatic rings. The molecular formula is C30H58CuN7O7-. The van der Waals surface area contributed by atoms with Crippen LogP contribution in [0.2, 0.25) is 0 Å². The molecule has 0 spiro atoms. The first-order chi connectivity index (χ1) is 20.6. The van der Waals surface area contributed by atoms with Crippen molar-refractivity contribution in [1.29, 1.82) is 0 Å². The van der Waals surface area contributed by atoms with Gasteiger partial charge in [-0.1, -0.05) is 41.5 Å². The normalized spacial score (nSPS) is 14.4. The minimum Gasteiger partial charge on any atom is -0.596 e. The van der Waals surface area contributed by atoms with Crippen LogP contribution in [0.15, 0.2) is 0 Å². The van der Waals surface area contributed by atoms with Crippen molar-refractivity contribution in [2.75, 3.05) is 106 Å². The van der Waals surface area contributed by atoms with E-state index in [0.29, 0.717) is 78.5 Å². The number of ether oxygens (including phenoxy) is 3. The van der Waals surface area contributed by atoms with Crippen molar-refractivity contribution in [3.63, 3.8) is 0 Å². The van der Waals surface area contributed by atoms with Gasteiger partial charge in [-0.25, -0.2) is 5.01 Å². The number of nitrogens with two attached hydrogens (primary N) is 1. The van der Waals surface area contributed by atoms with Crippen LogP contribution in [0.4, 0.5) is 0 Å². The number of carbonyl (C=O) groups is 4. The van der Waals surface area contributed by atoms with Crippen LogP contribution in [0, 0.1) is 17.6 Å². The summed E-state index contributed by atoms with van der Waals surface area (Å²) >= 11 is 0. The van der Waals surface area contributed by atoms with Gasteiger partial charge in [0.2, 0.25) is 11.8 Å². The Balaban J connectivity index is 0.0000194. The zero-order valence-corrected chi connectivity index (χ0v) is 29.6. The second kappa shape index (κ2) is 21.9. The molecule has 1 fully saturated rings. The smallest absolute Gasteiger partial charge is 0.291 e. The van der Waals surface area contributed by atoms with Gasteiger partial charge >= 0.3 is 0 Å². The Morgan fingerprint density at radius 2 is 1.38 bits per heavy atom. The number of rotatable bonds is 21. The van der Waals surface area contributed by atoms with Gasteiger partial charge in [-0.2, -0.15) is 0 Å². The third-order valence-corrected chi connectivity index (χ3v) is 7.36. The van der Waals surface area contributed by atoms with Crippen molar-refractivity contribution in [3.8, 4) is 0 Å². The number of piperazine rings is 1. The van der Waals surface area contributed by atoms with E-state index in [2.05, 4.69) is 5.32 Å². The second-order valence-electron chi connectivity index (χ2n) is 13.2. The summed E-state index contributed by atoms with van der Waals surface area (Å²) in [6, 6.07) is 0. The molecule has 0 aliphatic carbocycles. The summed E-state index contributed by atoms with van der Waals surface area (Å²) in [5, 5.41) is 4.74. The summed E-state index contributed by atoms with van der Waals surface area (Å²) in [7, 11) is 3.56. The van der Waals surface area contributed by atoms with Gasteiger partial charge in [0.05, 0.1) is 32.8 Å². The minimum absolute atomic E-state index is 0. The average molecular weight is 692 g/mol. The number of carbonyl (C=O) groups excluding carboxylic acids is 4. The molecule has 45 heavy (non-hydrogen) atoms. The van der Waals surface area contributed by atoms with Gasteiger partial charge in [-0.15, -0.1) is 0 Å². The summed E-state index contributed by atoms with van der Waals surface area (Å²) in [6.45, 7) is 19.6. The summed E-state index contributed by atoms with van der Waals surface area (Å²) in [6.07, 6.45) is 0.406. The standard InChI is InChI=1S/C30H58N7O7.Cu/c1-9-33(7)19-27(40)43-24-44-28(41)20-34(8)11-12-35(10-2)18-25(38)32-21-30(5,6)23-42-22-29(3,4)17-26(39)36-13-15-37(31)16-14-36;/h24H,9-23,31H2,1-8H3,(H,32,38);/q-1;. The molecule has 267 valence electrons. The molecule has 3 N–H and O–H groups in total. The van der Waals surface area contributed by atoms with E-state index in [1.807, 2.05) is 51.3 Å². The van der Waals surface area contributed by atoms with E-state index >= 15 is 0 Å². The Morgan fingerprint density at radius 1 is 0.822 bits per heavy atom. The van der Waals surface area contributed by atoms with Gasteiger partial charge in [-0.3, -0.25) is 39.7 Å². The average Bonchev–Trinajstić information content (AvgIpc) is 2.93. The van der Waals surface area contributed by atoms with E-state index in [9.17, 15) is 19.2 Å². The number of hydrogen-bond acceptors (Lipinski definition) is 12. The summed E-state index contributed by atoms with van der Waals surface area (Å²) in [5.41, 5.74) is -0.597. The fraction of sp³-hybridized carbons (Fsp3) is 0.833. The second-order valence-corrected chi connectivity index (χ2v) is 13.2. The molecule has 1 saturated heterocycles. The first kappa shape index (κ1) is 43.2. The van der Waals surface area contributed by atoms with Gasteiger partial charge in [0.25, 0.3) is 11.9 Å². The van der Waals surface area contributed by atoms with Crippen LogP contribution in [0.1, 0.15) is 48.0 Å². The van der Waals surface area contributed by atoms with Crippen LogP contribution in [-0.4, -0.2) is 154 Å². The maximum atomic E-state index is 12.7. The van der Waals surface area contributed by atoms with E-state index in [-0.39, 0.29) is 59.3 Å². The first-order valence-electron chi connectivity index (χ1n) is 15.5. The quantitative estimate of drug-likeness (QED) is 0.0721. The molecule has 0 saturated carbocycles. The molecule has 1 aliphatic heterocycles. The van der Waals surface area contributed by atoms with Crippen LogP contribution in [0.25, 0.3) is 0 Å². The topological polar surface area (TPSA) is 150 Å². The van der Waals surface area contributed by atoms with Crippen molar-refractivity contribution < 1.29 is 50.5 Å². The van der Waals surface area contributed by atoms with Crippen molar-refractivity contribution in [1.82, 2.24) is 29.9 Å². The van der Waals surface area contributed by atoms with Gasteiger partial charge in [-0.05, 0) is 32.6 Å². The number of amides is 2. The number of hydrazine groups is 1. The van der Waals surface area contributed by atoms with Crippen LogP contribution >= 0.6 is 0 Å². The van der Waals surface area contributed by atoms with E-state index in [4.69, 9.17) is 20.1 Å². The summed E-state index contributed by atoms with van der Waals surface area (Å²) < 4.78 is 15.7. The van der Waals surface area contributed by atoms with Crippen LogP contribution in [0.5, 0.6) is 0 Å². The SMILES string of the molecule is CCN(C)CC(=O)O[CH-]OC(=O)CN(C)CCN(CC)CC(=O)NCC(C)(C)COCC(C)(C)CC(=O)N1CCN(N)CC1.[Cu]. The molecule has 15 heteroatoms. The molecule has 2 amide bonds. The number of nitrogens with zero attached hydrogens (tertiary/aromatic N) is 5. The molecule has 0 bridgehead atoms. The Labute approximate surface area is 281 Å². The zero-order chi connectivity index (χ0) is 33.3. The molecule has 0 aromatic carbocycles. The molecule has 1 heterocycles. The zero-order valence-electron chi connectivity index (χ0n) is 28.7. The molecule has 1 radical (unpaired) electrons. The Morgan fingerprint density at radius 3 is 1.93 bits per heavy atom. The Kier molecular flexibility index (Phi) is 21.0. The first-order valence-corrected chi connectivity index (χ1v) is 15.5. The van der Waals surface area contributed by atoms with E-state index < -0.39 is 11.9 Å². The van der Waals surface area contributed by atoms with Crippen LogP contribution < -0.4 is 11.2 Å². The fourth-order valence-corrected chi connectivity index (χ4v) is 4.29. The van der Waals surface area contributed by atoms with Crippen molar-refractivity contribution in [2.45, 2.75) is 48.0 Å². The largest absolute Gasteiger partial charge is 0.596 e. The van der Waals surface area contributed by atoms with Crippen molar-refractivity contribution in [3.05, 3.63) is 6.79 Å². The number of likely N-dealkylation sites (N-methyl/N-ethyl adjacent to an activating group) is 3. The molecular weight excluding hydrogens is 634 g/mol. The monoisotopic (exact) mass is 691 g/mol. The fourth-order valence-electron chi connectivity index (χ4n) is 4.29. The summed E-state index contributed by atoms with van der Waals surface area (Å²) in [5.74, 6) is 4.78. The van der Waals surface area contributed by atoms with Crippen LogP contribution in [-0.2, 0) is 50.5 Å². The number of nitrogens with one attached hydrogen (secondary N) is 1. The maximum absolute atomic E-state index is 12.7. The van der Waals surface area contributed by atoms with E-state index in [1.54, 1.807) is 28.9 Å². The summed E-state index contributed by atoms with van der Waals surface area (Å²) in [4.78, 5) is 56.5. The molecule has 0 atom stereocenters. The molecule has 0 aromatic heterocycles. The molecule has 1 aliphatic rings. The van der Waals surface area contributed by atoms with Gasteiger partial charge in [0.15, 0.2) is 0 Å². The van der Waals surface area contributed by atoms with Gasteiger partial charge in [0, 0.05) is 81.5 Å². The van der Waals surface area contributed by atoms with Crippen LogP contribution in [0.3, 0.4) is 0 Å². The third kappa shape index (κ3) is 20.1. The number of hydrogen-bond donors (Lipinski definition) is 2. The minimum atomic E-state index is -0.546. The third-order valence-electron chi connectivity index (χ3n) is 7.36. The molecule has 0 unspecified atom stereocenters. The molecule has 14 nitrogen and oxygen atoms in total.